The van der Waals surface area contributed by atoms with Crippen LogP contribution >= 0.6 is 11.6 Å². The van der Waals surface area contributed by atoms with Gasteiger partial charge in [-0.2, -0.15) is 0 Å². The van der Waals surface area contributed by atoms with Crippen LogP contribution in [-0.4, -0.2) is 11.9 Å². The summed E-state index contributed by atoms with van der Waals surface area (Å²) in [4.78, 5) is 23.1. The first-order chi connectivity index (χ1) is 10.5. The second-order valence-corrected chi connectivity index (χ2v) is 5.19. The van der Waals surface area contributed by atoms with Gasteiger partial charge in [-0.1, -0.05) is 35.9 Å². The van der Waals surface area contributed by atoms with Gasteiger partial charge >= 0.3 is 6.03 Å². The Morgan fingerprint density at radius 1 is 1.14 bits per heavy atom. The molecule has 0 saturated heterocycles. The number of carbonyl (C=O) groups excluding carboxylic acids is 2. The van der Waals surface area contributed by atoms with Crippen LogP contribution in [0.15, 0.2) is 48.5 Å². The summed E-state index contributed by atoms with van der Waals surface area (Å²) in [7, 11) is 0. The molecule has 0 spiro atoms. The molecule has 3 amide bonds. The lowest BCUT2D eigenvalue weighted by Gasteiger charge is -2.16. The zero-order chi connectivity index (χ0) is 16.1. The molecule has 0 bridgehead atoms. The Morgan fingerprint density at radius 3 is 2.55 bits per heavy atom. The predicted octanol–water partition coefficient (Wildman–Crippen LogP) is 3.32. The van der Waals surface area contributed by atoms with E-state index in [-0.39, 0.29) is 11.9 Å². The standard InChI is InChI=1S/C16H16ClN3O2/c1-10(13-7-2-3-8-14(13)17)19-15(21)11-5-4-6-12(9-11)20-16(18)22/h2-10H,1H3,(H,19,21)(H3,18,20,22). The van der Waals surface area contributed by atoms with E-state index in [2.05, 4.69) is 10.6 Å². The number of carbonyl (C=O) groups is 2. The second-order valence-electron chi connectivity index (χ2n) is 4.79. The van der Waals surface area contributed by atoms with Crippen LogP contribution in [0.3, 0.4) is 0 Å². The highest BCUT2D eigenvalue weighted by Gasteiger charge is 2.14. The van der Waals surface area contributed by atoms with E-state index in [1.165, 1.54) is 0 Å². The van der Waals surface area contributed by atoms with Crippen LogP contribution in [-0.2, 0) is 0 Å². The lowest BCUT2D eigenvalue weighted by Crippen LogP contribution is -2.27. The highest BCUT2D eigenvalue weighted by Crippen LogP contribution is 2.22. The van der Waals surface area contributed by atoms with Crippen molar-refractivity contribution in [2.45, 2.75) is 13.0 Å². The summed E-state index contributed by atoms with van der Waals surface area (Å²) in [5, 5.41) is 5.90. The molecule has 5 nitrogen and oxygen atoms in total. The SMILES string of the molecule is CC(NC(=O)c1cccc(NC(N)=O)c1)c1ccccc1Cl. The minimum atomic E-state index is -0.679. The van der Waals surface area contributed by atoms with E-state index < -0.39 is 6.03 Å². The van der Waals surface area contributed by atoms with E-state index in [0.717, 1.165) is 5.56 Å². The van der Waals surface area contributed by atoms with E-state index in [1.54, 1.807) is 30.3 Å². The number of rotatable bonds is 4. The first-order valence-electron chi connectivity index (χ1n) is 6.69. The van der Waals surface area contributed by atoms with Gasteiger partial charge in [0.25, 0.3) is 5.91 Å². The molecule has 1 atom stereocenters. The van der Waals surface area contributed by atoms with E-state index in [9.17, 15) is 9.59 Å². The molecule has 114 valence electrons. The summed E-state index contributed by atoms with van der Waals surface area (Å²) in [6, 6.07) is 12.9. The van der Waals surface area contributed by atoms with E-state index >= 15 is 0 Å². The van der Waals surface area contributed by atoms with Crippen molar-refractivity contribution in [3.63, 3.8) is 0 Å². The highest BCUT2D eigenvalue weighted by molar-refractivity contribution is 6.31. The minimum absolute atomic E-state index is 0.242. The number of halogens is 1. The smallest absolute Gasteiger partial charge is 0.316 e. The fourth-order valence-electron chi connectivity index (χ4n) is 2.06. The number of primary amides is 1. The van der Waals surface area contributed by atoms with Gasteiger partial charge in [0, 0.05) is 16.3 Å². The van der Waals surface area contributed by atoms with Crippen LogP contribution in [0.5, 0.6) is 0 Å². The molecule has 2 aromatic rings. The zero-order valence-corrected chi connectivity index (χ0v) is 12.7. The molecular weight excluding hydrogens is 302 g/mol. The lowest BCUT2D eigenvalue weighted by molar-refractivity contribution is 0.0940. The summed E-state index contributed by atoms with van der Waals surface area (Å²) in [5.41, 5.74) is 6.78. The average molecular weight is 318 g/mol. The van der Waals surface area contributed by atoms with Crippen molar-refractivity contribution in [2.75, 3.05) is 5.32 Å². The molecule has 0 aliphatic rings. The van der Waals surface area contributed by atoms with Gasteiger partial charge in [-0.3, -0.25) is 4.79 Å². The minimum Gasteiger partial charge on any atom is -0.351 e. The van der Waals surface area contributed by atoms with E-state index in [4.69, 9.17) is 17.3 Å². The molecule has 4 N–H and O–H groups in total. The van der Waals surface area contributed by atoms with Gasteiger partial charge in [-0.15, -0.1) is 0 Å². The highest BCUT2D eigenvalue weighted by atomic mass is 35.5. The van der Waals surface area contributed by atoms with Crippen molar-refractivity contribution in [3.05, 3.63) is 64.7 Å². The van der Waals surface area contributed by atoms with Gasteiger partial charge in [0.1, 0.15) is 0 Å². The molecule has 0 saturated carbocycles. The Hall–Kier alpha value is -2.53. The van der Waals surface area contributed by atoms with E-state index in [0.29, 0.717) is 16.3 Å². The number of hydrogen-bond donors (Lipinski definition) is 3. The maximum absolute atomic E-state index is 12.3. The monoisotopic (exact) mass is 317 g/mol. The molecule has 0 aromatic heterocycles. The van der Waals surface area contributed by atoms with Crippen molar-refractivity contribution >= 4 is 29.2 Å². The molecule has 6 heteroatoms. The largest absolute Gasteiger partial charge is 0.351 e. The molecule has 2 rings (SSSR count). The Kier molecular flexibility index (Phi) is 5.01. The third-order valence-corrected chi connectivity index (χ3v) is 3.46. The van der Waals surface area contributed by atoms with Crippen LogP contribution < -0.4 is 16.4 Å². The predicted molar refractivity (Wildman–Crippen MR) is 87.0 cm³/mol. The fraction of sp³-hybridized carbons (Fsp3) is 0.125. The summed E-state index contributed by atoms with van der Waals surface area (Å²) in [5.74, 6) is -0.263. The van der Waals surface area contributed by atoms with Crippen molar-refractivity contribution in [1.29, 1.82) is 0 Å². The number of anilines is 1. The first-order valence-corrected chi connectivity index (χ1v) is 7.07. The van der Waals surface area contributed by atoms with Crippen molar-refractivity contribution < 1.29 is 9.59 Å². The number of hydrogen-bond acceptors (Lipinski definition) is 2. The molecule has 0 aliphatic heterocycles. The molecule has 0 fully saturated rings. The third kappa shape index (κ3) is 3.99. The number of nitrogens with one attached hydrogen (secondary N) is 2. The molecule has 1 unspecified atom stereocenters. The first kappa shape index (κ1) is 15.9. The van der Waals surface area contributed by atoms with Crippen LogP contribution in [0.1, 0.15) is 28.9 Å². The zero-order valence-electron chi connectivity index (χ0n) is 12.0. The van der Waals surface area contributed by atoms with Gasteiger partial charge in [-0.25, -0.2) is 4.79 Å². The normalized spacial score (nSPS) is 11.5. The molecular formula is C16H16ClN3O2. The Labute approximate surface area is 133 Å². The number of urea groups is 1. The van der Waals surface area contributed by atoms with Crippen LogP contribution in [0.2, 0.25) is 5.02 Å². The maximum Gasteiger partial charge on any atom is 0.316 e. The van der Waals surface area contributed by atoms with Gasteiger partial charge in [-0.05, 0) is 36.8 Å². The topological polar surface area (TPSA) is 84.2 Å². The summed E-state index contributed by atoms with van der Waals surface area (Å²) in [6.07, 6.45) is 0. The van der Waals surface area contributed by atoms with Gasteiger partial charge in [0.05, 0.1) is 6.04 Å². The average Bonchev–Trinajstić information content (AvgIpc) is 2.47. The fourth-order valence-corrected chi connectivity index (χ4v) is 2.36. The molecule has 0 aliphatic carbocycles. The molecule has 0 heterocycles. The Balaban J connectivity index is 2.12. The van der Waals surface area contributed by atoms with Gasteiger partial charge in [0.15, 0.2) is 0 Å². The maximum atomic E-state index is 12.3. The van der Waals surface area contributed by atoms with Crippen molar-refractivity contribution in [3.8, 4) is 0 Å². The number of amides is 3. The van der Waals surface area contributed by atoms with Gasteiger partial charge in [0.2, 0.25) is 0 Å². The van der Waals surface area contributed by atoms with Crippen molar-refractivity contribution in [1.82, 2.24) is 5.32 Å². The Bertz CT molecular complexity index is 703. The van der Waals surface area contributed by atoms with Gasteiger partial charge < -0.3 is 16.4 Å². The number of benzene rings is 2. The molecule has 22 heavy (non-hydrogen) atoms. The Morgan fingerprint density at radius 2 is 1.86 bits per heavy atom. The van der Waals surface area contributed by atoms with Crippen LogP contribution in [0.25, 0.3) is 0 Å². The van der Waals surface area contributed by atoms with Crippen LogP contribution in [0.4, 0.5) is 10.5 Å². The van der Waals surface area contributed by atoms with Crippen molar-refractivity contribution in [2.24, 2.45) is 5.73 Å². The summed E-state index contributed by atoms with van der Waals surface area (Å²) >= 11 is 6.12. The molecule has 0 radical (unpaired) electrons. The molecule has 2 aromatic carbocycles. The third-order valence-electron chi connectivity index (χ3n) is 3.11. The quantitative estimate of drug-likeness (QED) is 0.808. The van der Waals surface area contributed by atoms with E-state index in [1.807, 2.05) is 25.1 Å². The number of nitrogens with two attached hydrogens (primary N) is 1. The summed E-state index contributed by atoms with van der Waals surface area (Å²) in [6.45, 7) is 1.85. The van der Waals surface area contributed by atoms with Crippen LogP contribution in [0, 0.1) is 0 Å². The summed E-state index contributed by atoms with van der Waals surface area (Å²) < 4.78 is 0. The second kappa shape index (κ2) is 6.95. The lowest BCUT2D eigenvalue weighted by atomic mass is 10.1.